The highest BCUT2D eigenvalue weighted by atomic mass is 19.4. The molecular weight excluding hydrogens is 491 g/mol. The van der Waals surface area contributed by atoms with Gasteiger partial charge in [0.2, 0.25) is 5.91 Å². The van der Waals surface area contributed by atoms with Crippen LogP contribution in [0.2, 0.25) is 0 Å². The number of alkyl halides is 3. The van der Waals surface area contributed by atoms with Crippen molar-refractivity contribution in [2.75, 3.05) is 0 Å². The van der Waals surface area contributed by atoms with Gasteiger partial charge < -0.3 is 25.8 Å². The lowest BCUT2D eigenvalue weighted by Gasteiger charge is -2.28. The number of carbonyl (C=O) groups excluding carboxylic acids is 3. The molecule has 0 saturated carbocycles. The summed E-state index contributed by atoms with van der Waals surface area (Å²) in [6, 6.07) is 14.0. The summed E-state index contributed by atoms with van der Waals surface area (Å²) in [7, 11) is 0. The van der Waals surface area contributed by atoms with Crippen molar-refractivity contribution in [1.82, 2.24) is 16.0 Å². The number of aliphatic hydroxyl groups is 1. The summed E-state index contributed by atoms with van der Waals surface area (Å²) in [5.74, 6) is -2.04. The second-order valence-corrected chi connectivity index (χ2v) is 9.47. The van der Waals surface area contributed by atoms with E-state index in [1.807, 2.05) is 5.32 Å². The number of hydrogen-bond acceptors (Lipinski definition) is 5. The molecule has 1 unspecified atom stereocenters. The lowest BCUT2D eigenvalue weighted by molar-refractivity contribution is -0.150. The summed E-state index contributed by atoms with van der Waals surface area (Å²) >= 11 is 0. The number of carbonyl (C=O) groups is 3. The number of hydrogen-bond donors (Lipinski definition) is 4. The van der Waals surface area contributed by atoms with Crippen LogP contribution in [0.4, 0.5) is 18.0 Å². The molecule has 8 nitrogen and oxygen atoms in total. The Bertz CT molecular complexity index is 1030. The van der Waals surface area contributed by atoms with Crippen molar-refractivity contribution in [1.29, 1.82) is 0 Å². The van der Waals surface area contributed by atoms with Gasteiger partial charge in [-0.05, 0) is 38.3 Å². The zero-order chi connectivity index (χ0) is 27.6. The summed E-state index contributed by atoms with van der Waals surface area (Å²) in [4.78, 5) is 37.7. The SMILES string of the molecule is CC(C)(C)OC(=O)NC(CC(F)(F)F)C(=O)N[C@@H](Cc1ccccc1)[C@H](O)C(=O)NCc1ccccc1. The van der Waals surface area contributed by atoms with Gasteiger partial charge in [-0.15, -0.1) is 0 Å². The fourth-order valence-corrected chi connectivity index (χ4v) is 3.36. The highest BCUT2D eigenvalue weighted by Crippen LogP contribution is 2.22. The van der Waals surface area contributed by atoms with Crippen molar-refractivity contribution in [2.24, 2.45) is 0 Å². The molecule has 0 aromatic heterocycles. The molecule has 0 aliphatic heterocycles. The van der Waals surface area contributed by atoms with Crippen LogP contribution in [0, 0.1) is 0 Å². The van der Waals surface area contributed by atoms with E-state index in [4.69, 9.17) is 4.74 Å². The Morgan fingerprint density at radius 3 is 1.92 bits per heavy atom. The van der Waals surface area contributed by atoms with Crippen molar-refractivity contribution >= 4 is 17.9 Å². The Hall–Kier alpha value is -3.60. The molecule has 0 heterocycles. The molecule has 0 bridgehead atoms. The molecule has 3 atom stereocenters. The first-order valence-electron chi connectivity index (χ1n) is 11.6. The first kappa shape index (κ1) is 29.6. The van der Waals surface area contributed by atoms with Crippen molar-refractivity contribution in [2.45, 2.75) is 70.1 Å². The van der Waals surface area contributed by atoms with Crippen LogP contribution >= 0.6 is 0 Å². The van der Waals surface area contributed by atoms with E-state index in [1.54, 1.807) is 60.7 Å². The van der Waals surface area contributed by atoms with Gasteiger partial charge in [0.1, 0.15) is 11.6 Å². The number of nitrogens with one attached hydrogen (secondary N) is 3. The van der Waals surface area contributed by atoms with Crippen LogP contribution in [0.1, 0.15) is 38.3 Å². The van der Waals surface area contributed by atoms with Crippen molar-refractivity contribution in [3.05, 3.63) is 71.8 Å². The van der Waals surface area contributed by atoms with Gasteiger partial charge in [0, 0.05) is 6.54 Å². The largest absolute Gasteiger partial charge is 0.444 e. The van der Waals surface area contributed by atoms with E-state index < -0.39 is 54.3 Å². The molecule has 2 aromatic carbocycles. The Balaban J connectivity index is 2.20. The van der Waals surface area contributed by atoms with E-state index in [2.05, 4.69) is 10.6 Å². The number of benzene rings is 2. The third kappa shape index (κ3) is 11.3. The maximum atomic E-state index is 13.2. The molecule has 202 valence electrons. The van der Waals surface area contributed by atoms with Crippen molar-refractivity contribution < 1.29 is 37.4 Å². The fraction of sp³-hybridized carbons (Fsp3) is 0.423. The number of aliphatic hydroxyl groups excluding tert-OH is 1. The number of amides is 3. The molecule has 4 N–H and O–H groups in total. The molecule has 3 amide bonds. The molecule has 0 aliphatic rings. The maximum Gasteiger partial charge on any atom is 0.408 e. The van der Waals surface area contributed by atoms with E-state index in [0.29, 0.717) is 5.56 Å². The minimum atomic E-state index is -4.79. The number of alkyl carbamates (subject to hydrolysis) is 1. The average molecular weight is 524 g/mol. The van der Waals surface area contributed by atoms with E-state index in [0.717, 1.165) is 5.56 Å². The molecule has 2 rings (SSSR count). The van der Waals surface area contributed by atoms with Gasteiger partial charge in [0.05, 0.1) is 12.5 Å². The molecule has 0 radical (unpaired) electrons. The van der Waals surface area contributed by atoms with E-state index in [9.17, 15) is 32.7 Å². The Morgan fingerprint density at radius 2 is 1.41 bits per heavy atom. The zero-order valence-corrected chi connectivity index (χ0v) is 20.8. The minimum Gasteiger partial charge on any atom is -0.444 e. The van der Waals surface area contributed by atoms with Gasteiger partial charge in [-0.25, -0.2) is 4.79 Å². The van der Waals surface area contributed by atoms with Crippen LogP contribution in [0.5, 0.6) is 0 Å². The van der Waals surface area contributed by atoms with E-state index >= 15 is 0 Å². The average Bonchev–Trinajstić information content (AvgIpc) is 2.80. The smallest absolute Gasteiger partial charge is 0.408 e. The molecular formula is C26H32F3N3O5. The quantitative estimate of drug-likeness (QED) is 0.382. The molecule has 2 aromatic rings. The Labute approximate surface area is 213 Å². The molecule has 0 fully saturated rings. The third-order valence-corrected chi connectivity index (χ3v) is 5.03. The van der Waals surface area contributed by atoms with Gasteiger partial charge >= 0.3 is 12.3 Å². The second kappa shape index (κ2) is 13.1. The maximum absolute atomic E-state index is 13.2. The topological polar surface area (TPSA) is 117 Å². The molecule has 37 heavy (non-hydrogen) atoms. The number of ether oxygens (including phenoxy) is 1. The standard InChI is InChI=1S/C26H32F3N3O5/c1-25(2,3)37-24(36)32-20(15-26(27,28)29)22(34)31-19(14-17-10-6-4-7-11-17)21(33)23(35)30-16-18-12-8-5-9-13-18/h4-13,19-21,33H,14-16H2,1-3H3,(H,30,35)(H,31,34)(H,32,36)/t19-,20?,21-/m0/s1. The van der Waals surface area contributed by atoms with Crippen molar-refractivity contribution in [3.8, 4) is 0 Å². The van der Waals surface area contributed by atoms with Gasteiger partial charge in [-0.3, -0.25) is 9.59 Å². The Morgan fingerprint density at radius 1 is 0.865 bits per heavy atom. The van der Waals surface area contributed by atoms with Crippen LogP contribution in [-0.2, 0) is 27.3 Å². The Kier molecular flexibility index (Phi) is 10.5. The lowest BCUT2D eigenvalue weighted by Crippen LogP contribution is -2.57. The summed E-state index contributed by atoms with van der Waals surface area (Å²) < 4.78 is 44.6. The van der Waals surface area contributed by atoms with Gasteiger partial charge in [0.25, 0.3) is 5.91 Å². The van der Waals surface area contributed by atoms with Gasteiger partial charge in [-0.2, -0.15) is 13.2 Å². The highest BCUT2D eigenvalue weighted by molar-refractivity contribution is 5.87. The normalized spacial score (nSPS) is 14.1. The fourth-order valence-electron chi connectivity index (χ4n) is 3.36. The number of halogens is 3. The van der Waals surface area contributed by atoms with Crippen LogP contribution in [0.3, 0.4) is 0 Å². The second-order valence-electron chi connectivity index (χ2n) is 9.47. The van der Waals surface area contributed by atoms with Crippen LogP contribution < -0.4 is 16.0 Å². The third-order valence-electron chi connectivity index (χ3n) is 5.03. The van der Waals surface area contributed by atoms with E-state index in [-0.39, 0.29) is 13.0 Å². The molecule has 0 aliphatic carbocycles. The predicted molar refractivity (Wildman–Crippen MR) is 130 cm³/mol. The summed E-state index contributed by atoms with van der Waals surface area (Å²) in [6.45, 7) is 4.66. The first-order valence-corrected chi connectivity index (χ1v) is 11.6. The predicted octanol–water partition coefficient (Wildman–Crippen LogP) is 3.24. The first-order chi connectivity index (χ1) is 17.2. The molecule has 11 heteroatoms. The summed E-state index contributed by atoms with van der Waals surface area (Å²) in [5, 5.41) is 17.6. The lowest BCUT2D eigenvalue weighted by atomic mass is 9.99. The van der Waals surface area contributed by atoms with Crippen LogP contribution in [0.15, 0.2) is 60.7 Å². The van der Waals surface area contributed by atoms with Gasteiger partial charge in [0.15, 0.2) is 6.10 Å². The number of rotatable bonds is 10. The zero-order valence-electron chi connectivity index (χ0n) is 20.8. The summed E-state index contributed by atoms with van der Waals surface area (Å²) in [5.41, 5.74) is 0.375. The van der Waals surface area contributed by atoms with Crippen LogP contribution in [0.25, 0.3) is 0 Å². The highest BCUT2D eigenvalue weighted by Gasteiger charge is 2.39. The molecule has 0 saturated heterocycles. The van der Waals surface area contributed by atoms with Crippen molar-refractivity contribution in [3.63, 3.8) is 0 Å². The monoisotopic (exact) mass is 523 g/mol. The molecule has 0 spiro atoms. The van der Waals surface area contributed by atoms with Crippen LogP contribution in [-0.4, -0.2) is 53.0 Å². The van der Waals surface area contributed by atoms with E-state index in [1.165, 1.54) is 20.8 Å². The summed E-state index contributed by atoms with van der Waals surface area (Å²) in [6.07, 6.45) is -9.53. The van der Waals surface area contributed by atoms with Gasteiger partial charge in [-0.1, -0.05) is 60.7 Å². The minimum absolute atomic E-state index is 0.0579.